The molecule has 0 spiro atoms. The van der Waals surface area contributed by atoms with Crippen molar-refractivity contribution >= 4 is 15.6 Å². The molecule has 0 radical (unpaired) electrons. The first-order chi connectivity index (χ1) is 14.1. The fourth-order valence-electron chi connectivity index (χ4n) is 3.15. The lowest BCUT2D eigenvalue weighted by Crippen LogP contribution is -2.09. The largest absolute Gasteiger partial charge is 0.433 e. The van der Waals surface area contributed by atoms with Crippen LogP contribution >= 0.6 is 0 Å². The summed E-state index contributed by atoms with van der Waals surface area (Å²) in [7, 11) is -3.62. The number of benzene rings is 2. The molecule has 0 unspecified atom stereocenters. The molecule has 0 amide bonds. The molecule has 0 saturated heterocycles. The topological polar surface area (TPSA) is 64.3 Å². The second-order valence-electron chi connectivity index (χ2n) is 6.59. The van der Waals surface area contributed by atoms with E-state index in [4.69, 9.17) is 0 Å². The van der Waals surface area contributed by atoms with Crippen LogP contribution in [0.5, 0.6) is 0 Å². The van der Waals surface area contributed by atoms with Gasteiger partial charge in [0, 0.05) is 29.1 Å². The summed E-state index contributed by atoms with van der Waals surface area (Å²) in [5.41, 5.74) is -0.0314. The Balaban J connectivity index is 1.88. The smallest absolute Gasteiger partial charge is 0.284 e. The van der Waals surface area contributed by atoms with Gasteiger partial charge in [-0.05, 0) is 30.3 Å². The average molecular weight is 435 g/mol. The molecule has 0 N–H and O–H groups in total. The molecule has 2 aromatic heterocycles. The summed E-state index contributed by atoms with van der Waals surface area (Å²) in [5, 5.41) is 0. The van der Waals surface area contributed by atoms with E-state index in [-0.39, 0.29) is 21.8 Å². The van der Waals surface area contributed by atoms with Gasteiger partial charge in [-0.3, -0.25) is 4.40 Å². The number of aromatic nitrogens is 3. The van der Waals surface area contributed by atoms with Gasteiger partial charge in [0.15, 0.2) is 9.84 Å². The van der Waals surface area contributed by atoms with Crippen LogP contribution in [-0.2, 0) is 16.0 Å². The fourth-order valence-corrected chi connectivity index (χ4v) is 4.05. The van der Waals surface area contributed by atoms with E-state index in [0.717, 1.165) is 12.3 Å². The lowest BCUT2D eigenvalue weighted by Gasteiger charge is -2.11. The Morgan fingerprint density at radius 2 is 1.73 bits per heavy atom. The van der Waals surface area contributed by atoms with E-state index < -0.39 is 27.5 Å². The second-order valence-corrected chi connectivity index (χ2v) is 8.57. The number of imidazole rings is 1. The summed E-state index contributed by atoms with van der Waals surface area (Å²) in [6, 6.07) is 10.9. The summed E-state index contributed by atoms with van der Waals surface area (Å²) in [6.07, 6.45) is -1.07. The standard InChI is InChI=1S/C20H13F4N3O2S/c1-30(28,29)17-5-3-2-4-13(17)14-10-12(6-7-15(14)21)16-11-25-19-26-18(20(22,23)24)8-9-27(16)19/h2-11H,1H3. The number of sulfone groups is 1. The first-order valence-corrected chi connectivity index (χ1v) is 10.5. The lowest BCUT2D eigenvalue weighted by atomic mass is 10.0. The number of hydrogen-bond acceptors (Lipinski definition) is 4. The monoisotopic (exact) mass is 435 g/mol. The summed E-state index contributed by atoms with van der Waals surface area (Å²) in [6.45, 7) is 0. The zero-order chi connectivity index (χ0) is 21.7. The molecule has 5 nitrogen and oxygen atoms in total. The number of nitrogens with zero attached hydrogens (tertiary/aromatic N) is 3. The van der Waals surface area contributed by atoms with Crippen LogP contribution in [0, 0.1) is 5.82 Å². The Morgan fingerprint density at radius 3 is 2.43 bits per heavy atom. The summed E-state index contributed by atoms with van der Waals surface area (Å²) in [5.74, 6) is -0.802. The minimum atomic E-state index is -4.60. The van der Waals surface area contributed by atoms with Crippen molar-refractivity contribution in [3.05, 3.63) is 72.4 Å². The maximum Gasteiger partial charge on any atom is 0.433 e. The molecule has 2 aromatic carbocycles. The Hall–Kier alpha value is -3.27. The molecule has 0 saturated carbocycles. The van der Waals surface area contributed by atoms with E-state index in [1.807, 2.05) is 0 Å². The van der Waals surface area contributed by atoms with Crippen LogP contribution in [0.15, 0.2) is 65.8 Å². The highest BCUT2D eigenvalue weighted by Gasteiger charge is 2.33. The molecule has 0 atom stereocenters. The van der Waals surface area contributed by atoms with Crippen molar-refractivity contribution in [2.75, 3.05) is 6.26 Å². The molecule has 10 heteroatoms. The van der Waals surface area contributed by atoms with Gasteiger partial charge in [-0.15, -0.1) is 0 Å². The predicted molar refractivity (Wildman–Crippen MR) is 102 cm³/mol. The van der Waals surface area contributed by atoms with Crippen molar-refractivity contribution in [2.45, 2.75) is 11.1 Å². The normalized spacial score (nSPS) is 12.4. The van der Waals surface area contributed by atoms with E-state index in [1.165, 1.54) is 53.2 Å². The van der Waals surface area contributed by atoms with Crippen LogP contribution in [0.3, 0.4) is 0 Å². The van der Waals surface area contributed by atoms with Crippen LogP contribution in [0.1, 0.15) is 5.69 Å². The van der Waals surface area contributed by atoms with Crippen molar-refractivity contribution in [1.82, 2.24) is 14.4 Å². The Labute approximate surface area is 168 Å². The minimum absolute atomic E-state index is 0.0318. The number of alkyl halides is 3. The van der Waals surface area contributed by atoms with Crippen molar-refractivity contribution in [3.8, 4) is 22.4 Å². The molecule has 4 aromatic rings. The minimum Gasteiger partial charge on any atom is -0.284 e. The highest BCUT2D eigenvalue weighted by Crippen LogP contribution is 2.33. The van der Waals surface area contributed by atoms with Gasteiger partial charge >= 0.3 is 6.18 Å². The maximum atomic E-state index is 14.6. The van der Waals surface area contributed by atoms with Crippen LogP contribution in [-0.4, -0.2) is 29.0 Å². The average Bonchev–Trinajstić information content (AvgIpc) is 3.10. The highest BCUT2D eigenvalue weighted by atomic mass is 32.2. The van der Waals surface area contributed by atoms with Crippen molar-refractivity contribution in [3.63, 3.8) is 0 Å². The molecule has 0 bridgehead atoms. The number of hydrogen-bond donors (Lipinski definition) is 0. The quantitative estimate of drug-likeness (QED) is 0.441. The van der Waals surface area contributed by atoms with Gasteiger partial charge in [0.1, 0.15) is 11.5 Å². The molecular weight excluding hydrogens is 422 g/mol. The van der Waals surface area contributed by atoms with Gasteiger partial charge in [-0.25, -0.2) is 22.8 Å². The first-order valence-electron chi connectivity index (χ1n) is 8.56. The molecule has 0 aliphatic carbocycles. The van der Waals surface area contributed by atoms with Crippen molar-refractivity contribution < 1.29 is 26.0 Å². The van der Waals surface area contributed by atoms with E-state index in [9.17, 15) is 26.0 Å². The van der Waals surface area contributed by atoms with Gasteiger partial charge < -0.3 is 0 Å². The van der Waals surface area contributed by atoms with Crippen LogP contribution < -0.4 is 0 Å². The van der Waals surface area contributed by atoms with Gasteiger partial charge in [0.2, 0.25) is 5.78 Å². The highest BCUT2D eigenvalue weighted by molar-refractivity contribution is 7.90. The zero-order valence-corrected chi connectivity index (χ0v) is 16.2. The third kappa shape index (κ3) is 3.54. The fraction of sp³-hybridized carbons (Fsp3) is 0.100. The first kappa shape index (κ1) is 20.0. The summed E-state index contributed by atoms with van der Waals surface area (Å²) < 4.78 is 78.8. The second kappa shape index (κ2) is 6.91. The Bertz CT molecular complexity index is 1380. The van der Waals surface area contributed by atoms with Crippen LogP contribution in [0.2, 0.25) is 0 Å². The molecule has 0 fully saturated rings. The molecule has 2 heterocycles. The van der Waals surface area contributed by atoms with Crippen molar-refractivity contribution in [2.24, 2.45) is 0 Å². The Morgan fingerprint density at radius 1 is 1.00 bits per heavy atom. The van der Waals surface area contributed by atoms with Gasteiger partial charge in [-0.2, -0.15) is 13.2 Å². The molecular formula is C20H13F4N3O2S. The lowest BCUT2D eigenvalue weighted by molar-refractivity contribution is -0.141. The third-order valence-corrected chi connectivity index (χ3v) is 5.66. The predicted octanol–water partition coefficient (Wildman–Crippen LogP) is 4.62. The van der Waals surface area contributed by atoms with Crippen LogP contribution in [0.4, 0.5) is 17.6 Å². The van der Waals surface area contributed by atoms with E-state index >= 15 is 0 Å². The molecule has 30 heavy (non-hydrogen) atoms. The summed E-state index contributed by atoms with van der Waals surface area (Å²) in [4.78, 5) is 7.39. The maximum absolute atomic E-state index is 14.6. The van der Waals surface area contributed by atoms with Gasteiger partial charge in [0.25, 0.3) is 0 Å². The number of fused-ring (bicyclic) bond motifs is 1. The zero-order valence-electron chi connectivity index (χ0n) is 15.4. The molecule has 0 aliphatic rings. The Kier molecular flexibility index (Phi) is 4.61. The number of rotatable bonds is 3. The van der Waals surface area contributed by atoms with E-state index in [0.29, 0.717) is 11.3 Å². The van der Waals surface area contributed by atoms with E-state index in [2.05, 4.69) is 9.97 Å². The van der Waals surface area contributed by atoms with Gasteiger partial charge in [-0.1, -0.05) is 18.2 Å². The van der Waals surface area contributed by atoms with Gasteiger partial charge in [0.05, 0.1) is 16.8 Å². The van der Waals surface area contributed by atoms with E-state index in [1.54, 1.807) is 6.07 Å². The van der Waals surface area contributed by atoms with Crippen molar-refractivity contribution in [1.29, 1.82) is 0 Å². The molecule has 0 aliphatic heterocycles. The molecule has 4 rings (SSSR count). The third-order valence-electron chi connectivity index (χ3n) is 4.51. The summed E-state index contributed by atoms with van der Waals surface area (Å²) >= 11 is 0. The van der Waals surface area contributed by atoms with Crippen LogP contribution in [0.25, 0.3) is 28.2 Å². The SMILES string of the molecule is CS(=O)(=O)c1ccccc1-c1cc(-c2cnc3nc(C(F)(F)F)ccn23)ccc1F. The molecule has 154 valence electrons. The number of halogens is 4.